The summed E-state index contributed by atoms with van der Waals surface area (Å²) < 4.78 is 28.9. The fraction of sp³-hybridized carbons (Fsp3) is 0.438. The van der Waals surface area contributed by atoms with Crippen molar-refractivity contribution in [3.05, 3.63) is 24.2 Å². The number of urea groups is 1. The monoisotopic (exact) mass is 392 g/mol. The molecule has 1 atom stereocenters. The van der Waals surface area contributed by atoms with Crippen LogP contribution in [0.25, 0.3) is 0 Å². The molecular weight excluding hydrogens is 372 g/mol. The SMILES string of the molecule is CC(C)c1nc(S(=O)(=O)NCCN2C(=O)N=C3N=CC=CC3C2=O)cn1C. The first-order valence-corrected chi connectivity index (χ1v) is 9.86. The molecule has 0 fully saturated rings. The molecule has 0 saturated carbocycles. The molecule has 1 N–H and O–H groups in total. The number of amides is 3. The number of imide groups is 1. The lowest BCUT2D eigenvalue weighted by Crippen LogP contribution is -2.48. The molecule has 2 aliphatic rings. The minimum atomic E-state index is -3.86. The van der Waals surface area contributed by atoms with Gasteiger partial charge in [0, 0.05) is 38.5 Å². The standard InChI is InChI=1S/C16H20N6O4S/c1-10(2)14-19-12(9-21(14)3)27(25,26)18-7-8-22-15(23)11-5-4-6-17-13(11)20-16(22)24/h4-6,9-11,18H,7-8H2,1-3H3. The van der Waals surface area contributed by atoms with Crippen LogP contribution in [-0.2, 0) is 21.9 Å². The van der Waals surface area contributed by atoms with E-state index in [1.54, 1.807) is 23.8 Å². The number of amidine groups is 1. The summed E-state index contributed by atoms with van der Waals surface area (Å²) >= 11 is 0. The Hall–Kier alpha value is -2.66. The largest absolute Gasteiger partial charge is 0.352 e. The molecule has 3 amide bonds. The van der Waals surface area contributed by atoms with Crippen LogP contribution in [0.5, 0.6) is 0 Å². The third-order valence-electron chi connectivity index (χ3n) is 4.16. The summed E-state index contributed by atoms with van der Waals surface area (Å²) in [6, 6.07) is -0.752. The molecule has 27 heavy (non-hydrogen) atoms. The van der Waals surface area contributed by atoms with E-state index in [9.17, 15) is 18.0 Å². The summed E-state index contributed by atoms with van der Waals surface area (Å²) in [5, 5.41) is -0.102. The molecule has 0 spiro atoms. The van der Waals surface area contributed by atoms with Gasteiger partial charge in [-0.25, -0.2) is 27.9 Å². The lowest BCUT2D eigenvalue weighted by atomic mass is 10.0. The van der Waals surface area contributed by atoms with Crippen LogP contribution in [0.15, 0.2) is 33.4 Å². The number of imidazole rings is 1. The van der Waals surface area contributed by atoms with Gasteiger partial charge in [-0.05, 0) is 6.08 Å². The zero-order chi connectivity index (χ0) is 19.8. The highest BCUT2D eigenvalue weighted by Gasteiger charge is 2.36. The average molecular weight is 392 g/mol. The summed E-state index contributed by atoms with van der Waals surface area (Å²) in [5.41, 5.74) is 0. The van der Waals surface area contributed by atoms with Crippen molar-refractivity contribution in [1.82, 2.24) is 19.2 Å². The van der Waals surface area contributed by atoms with Crippen molar-refractivity contribution in [3.63, 3.8) is 0 Å². The maximum absolute atomic E-state index is 12.4. The van der Waals surface area contributed by atoms with Crippen molar-refractivity contribution in [2.75, 3.05) is 13.1 Å². The molecule has 3 heterocycles. The van der Waals surface area contributed by atoms with Gasteiger partial charge in [0.2, 0.25) is 5.91 Å². The number of dihydropyridines is 1. The Balaban J connectivity index is 1.67. The number of sulfonamides is 1. The predicted molar refractivity (Wildman–Crippen MR) is 98.2 cm³/mol. The topological polar surface area (TPSA) is 126 Å². The number of hydrogen-bond acceptors (Lipinski definition) is 6. The molecule has 11 heteroatoms. The smallest absolute Gasteiger partial charge is 0.336 e. The first-order chi connectivity index (χ1) is 12.7. The van der Waals surface area contributed by atoms with Crippen LogP contribution in [0.2, 0.25) is 0 Å². The zero-order valence-electron chi connectivity index (χ0n) is 15.2. The Morgan fingerprint density at radius 2 is 2.04 bits per heavy atom. The quantitative estimate of drug-likeness (QED) is 0.752. The van der Waals surface area contributed by atoms with Crippen molar-refractivity contribution in [2.45, 2.75) is 24.8 Å². The van der Waals surface area contributed by atoms with E-state index >= 15 is 0 Å². The van der Waals surface area contributed by atoms with Crippen molar-refractivity contribution in [1.29, 1.82) is 0 Å². The molecule has 0 bridgehead atoms. The van der Waals surface area contributed by atoms with Crippen molar-refractivity contribution in [3.8, 4) is 0 Å². The lowest BCUT2D eigenvalue weighted by molar-refractivity contribution is -0.129. The molecule has 0 aliphatic carbocycles. The number of rotatable bonds is 6. The average Bonchev–Trinajstić information content (AvgIpc) is 3.01. The van der Waals surface area contributed by atoms with Crippen LogP contribution in [0.3, 0.4) is 0 Å². The molecule has 2 aliphatic heterocycles. The highest BCUT2D eigenvalue weighted by atomic mass is 32.2. The van der Waals surface area contributed by atoms with E-state index in [4.69, 9.17) is 0 Å². The first-order valence-electron chi connectivity index (χ1n) is 8.38. The minimum absolute atomic E-state index is 0.0702. The molecule has 3 rings (SSSR count). The Bertz CT molecular complexity index is 973. The molecule has 144 valence electrons. The van der Waals surface area contributed by atoms with Crippen LogP contribution in [0, 0.1) is 5.92 Å². The maximum atomic E-state index is 12.4. The van der Waals surface area contributed by atoms with Gasteiger partial charge >= 0.3 is 6.03 Å². The second-order valence-corrected chi connectivity index (χ2v) is 8.20. The van der Waals surface area contributed by atoms with E-state index in [2.05, 4.69) is 19.7 Å². The van der Waals surface area contributed by atoms with Gasteiger partial charge < -0.3 is 4.57 Å². The molecule has 1 aromatic heterocycles. The van der Waals surface area contributed by atoms with Gasteiger partial charge in [-0.1, -0.05) is 19.9 Å². The van der Waals surface area contributed by atoms with Crippen molar-refractivity contribution in [2.24, 2.45) is 23.0 Å². The summed E-state index contributed by atoms with van der Waals surface area (Å²) in [5.74, 6) is -0.325. The number of hydrogen-bond donors (Lipinski definition) is 1. The third-order valence-corrected chi connectivity index (χ3v) is 5.49. The van der Waals surface area contributed by atoms with Crippen LogP contribution in [0.1, 0.15) is 25.6 Å². The fourth-order valence-corrected chi connectivity index (χ4v) is 3.87. The second kappa shape index (κ2) is 7.16. The van der Waals surface area contributed by atoms with E-state index in [1.165, 1.54) is 12.4 Å². The predicted octanol–water partition coefficient (Wildman–Crippen LogP) is 0.439. The molecule has 0 saturated heterocycles. The van der Waals surface area contributed by atoms with Crippen LogP contribution in [0.4, 0.5) is 4.79 Å². The Labute approximate surface area is 156 Å². The van der Waals surface area contributed by atoms with E-state index < -0.39 is 27.9 Å². The van der Waals surface area contributed by atoms with Gasteiger partial charge in [0.25, 0.3) is 10.0 Å². The summed E-state index contributed by atoms with van der Waals surface area (Å²) in [7, 11) is -2.13. The van der Waals surface area contributed by atoms with Gasteiger partial charge in [0.05, 0.1) is 0 Å². The number of aryl methyl sites for hydroxylation is 1. The number of carbonyl (C=O) groups excluding carboxylic acids is 2. The Morgan fingerprint density at radius 3 is 2.70 bits per heavy atom. The number of nitrogens with zero attached hydrogens (tertiary/aromatic N) is 5. The molecular formula is C16H20N6O4S. The number of nitrogens with one attached hydrogen (secondary N) is 1. The molecule has 1 aromatic rings. The number of aliphatic imine (C=N–C) groups is 2. The minimum Gasteiger partial charge on any atom is -0.336 e. The molecule has 0 aromatic carbocycles. The van der Waals surface area contributed by atoms with E-state index in [1.807, 2.05) is 13.8 Å². The molecule has 0 radical (unpaired) electrons. The third kappa shape index (κ3) is 3.74. The van der Waals surface area contributed by atoms with Crippen molar-refractivity contribution >= 4 is 34.0 Å². The Morgan fingerprint density at radius 1 is 1.30 bits per heavy atom. The maximum Gasteiger partial charge on any atom is 0.352 e. The second-order valence-electron chi connectivity index (χ2n) is 6.48. The fourth-order valence-electron chi connectivity index (χ4n) is 2.85. The van der Waals surface area contributed by atoms with E-state index in [-0.39, 0.29) is 29.9 Å². The van der Waals surface area contributed by atoms with Crippen LogP contribution >= 0.6 is 0 Å². The number of fused-ring (bicyclic) bond motifs is 1. The zero-order valence-corrected chi connectivity index (χ0v) is 16.0. The normalized spacial score (nSPS) is 19.6. The summed E-state index contributed by atoms with van der Waals surface area (Å²) in [6.45, 7) is 3.56. The van der Waals surface area contributed by atoms with Crippen LogP contribution < -0.4 is 4.72 Å². The number of aromatic nitrogens is 2. The highest BCUT2D eigenvalue weighted by Crippen LogP contribution is 2.19. The molecule has 1 unspecified atom stereocenters. The van der Waals surface area contributed by atoms with Gasteiger partial charge in [0.15, 0.2) is 5.03 Å². The Kier molecular flexibility index (Phi) is 5.07. The lowest BCUT2D eigenvalue weighted by Gasteiger charge is -2.27. The summed E-state index contributed by atoms with van der Waals surface area (Å²) in [4.78, 5) is 37.2. The number of allylic oxidation sites excluding steroid dienone is 1. The highest BCUT2D eigenvalue weighted by molar-refractivity contribution is 7.89. The summed E-state index contributed by atoms with van der Waals surface area (Å²) in [6.07, 6.45) is 6.08. The van der Waals surface area contributed by atoms with E-state index in [0.29, 0.717) is 5.82 Å². The van der Waals surface area contributed by atoms with Gasteiger partial charge in [0.1, 0.15) is 17.6 Å². The van der Waals surface area contributed by atoms with Gasteiger partial charge in [-0.2, -0.15) is 4.99 Å². The number of carbonyl (C=O) groups is 2. The first kappa shape index (κ1) is 19.1. The van der Waals surface area contributed by atoms with Crippen molar-refractivity contribution < 1.29 is 18.0 Å². The van der Waals surface area contributed by atoms with E-state index in [0.717, 1.165) is 4.90 Å². The van der Waals surface area contributed by atoms with Crippen LogP contribution in [-0.4, -0.2) is 59.9 Å². The molecule has 10 nitrogen and oxygen atoms in total. The van der Waals surface area contributed by atoms with Gasteiger partial charge in [-0.3, -0.25) is 9.69 Å². The van der Waals surface area contributed by atoms with Gasteiger partial charge in [-0.15, -0.1) is 0 Å².